The summed E-state index contributed by atoms with van der Waals surface area (Å²) in [4.78, 5) is 15.2. The molecular formula is C19H24N2OS2. The van der Waals surface area contributed by atoms with E-state index in [1.807, 2.05) is 0 Å². The highest BCUT2D eigenvalue weighted by Gasteiger charge is 2.57. The fourth-order valence-electron chi connectivity index (χ4n) is 4.01. The number of thiophene rings is 2. The van der Waals surface area contributed by atoms with Crippen LogP contribution in [0.3, 0.4) is 0 Å². The molecule has 1 atom stereocenters. The van der Waals surface area contributed by atoms with E-state index in [1.165, 1.54) is 30.4 Å². The molecule has 1 aliphatic heterocycles. The molecule has 2 aromatic rings. The average molecular weight is 361 g/mol. The molecule has 1 amide bonds. The van der Waals surface area contributed by atoms with Crippen molar-refractivity contribution in [1.29, 1.82) is 0 Å². The molecule has 1 saturated heterocycles. The van der Waals surface area contributed by atoms with E-state index in [2.05, 4.69) is 43.9 Å². The predicted molar refractivity (Wildman–Crippen MR) is 100 cm³/mol. The van der Waals surface area contributed by atoms with Crippen LogP contribution in [0, 0.1) is 5.41 Å². The Labute approximate surface area is 151 Å². The van der Waals surface area contributed by atoms with Crippen molar-refractivity contribution in [3.8, 4) is 0 Å². The summed E-state index contributed by atoms with van der Waals surface area (Å²) in [5, 5.41) is 12.0. The van der Waals surface area contributed by atoms with Crippen LogP contribution in [0.2, 0.25) is 0 Å². The molecule has 0 aromatic carbocycles. The Bertz CT molecular complexity index is 660. The van der Waals surface area contributed by atoms with Gasteiger partial charge < -0.3 is 10.2 Å². The summed E-state index contributed by atoms with van der Waals surface area (Å²) in [5.41, 5.74) is 2.97. The van der Waals surface area contributed by atoms with Gasteiger partial charge in [-0.3, -0.25) is 4.79 Å². The van der Waals surface area contributed by atoms with E-state index >= 15 is 0 Å². The maximum absolute atomic E-state index is 13.0. The number of nitrogens with zero attached hydrogens (tertiary/aromatic N) is 1. The van der Waals surface area contributed by atoms with Crippen molar-refractivity contribution in [2.75, 3.05) is 13.1 Å². The maximum Gasteiger partial charge on any atom is 0.223 e. The molecule has 1 spiro atoms. The highest BCUT2D eigenvalue weighted by atomic mass is 32.1. The minimum atomic E-state index is 0.327. The number of rotatable bonds is 6. The Morgan fingerprint density at radius 3 is 2.54 bits per heavy atom. The first-order valence-electron chi connectivity index (χ1n) is 8.79. The SMILES string of the molecule is O=C(CCc1ccsc1)N(Cc1ccsc1)C1CC12CCNCC2. The minimum Gasteiger partial charge on any atom is -0.335 e. The lowest BCUT2D eigenvalue weighted by molar-refractivity contribution is -0.133. The van der Waals surface area contributed by atoms with E-state index in [0.29, 0.717) is 23.8 Å². The van der Waals surface area contributed by atoms with Crippen LogP contribution in [0.1, 0.15) is 36.8 Å². The van der Waals surface area contributed by atoms with Gasteiger partial charge in [-0.15, -0.1) is 0 Å². The Hall–Kier alpha value is -1.17. The molecule has 128 valence electrons. The van der Waals surface area contributed by atoms with Gasteiger partial charge in [0.2, 0.25) is 5.91 Å². The molecule has 0 bridgehead atoms. The van der Waals surface area contributed by atoms with Gasteiger partial charge in [0.15, 0.2) is 0 Å². The molecule has 3 heterocycles. The van der Waals surface area contributed by atoms with Crippen LogP contribution in [0.4, 0.5) is 0 Å². The zero-order valence-corrected chi connectivity index (χ0v) is 15.5. The van der Waals surface area contributed by atoms with E-state index in [4.69, 9.17) is 0 Å². The third-order valence-electron chi connectivity index (χ3n) is 5.58. The van der Waals surface area contributed by atoms with Crippen molar-refractivity contribution in [2.45, 2.75) is 44.7 Å². The van der Waals surface area contributed by atoms with Crippen LogP contribution < -0.4 is 5.32 Å². The minimum absolute atomic E-state index is 0.327. The molecule has 2 aliphatic rings. The van der Waals surface area contributed by atoms with Crippen molar-refractivity contribution < 1.29 is 4.79 Å². The highest BCUT2D eigenvalue weighted by molar-refractivity contribution is 7.08. The second-order valence-electron chi connectivity index (χ2n) is 7.12. The number of aryl methyl sites for hydroxylation is 1. The molecule has 4 rings (SSSR count). The topological polar surface area (TPSA) is 32.3 Å². The van der Waals surface area contributed by atoms with Gasteiger partial charge in [-0.05, 0) is 89.0 Å². The lowest BCUT2D eigenvalue weighted by atomic mass is 9.93. The quantitative estimate of drug-likeness (QED) is 0.847. The smallest absolute Gasteiger partial charge is 0.223 e. The van der Waals surface area contributed by atoms with E-state index in [-0.39, 0.29) is 0 Å². The van der Waals surface area contributed by atoms with Gasteiger partial charge in [0, 0.05) is 19.0 Å². The van der Waals surface area contributed by atoms with Crippen molar-refractivity contribution in [1.82, 2.24) is 10.2 Å². The zero-order valence-electron chi connectivity index (χ0n) is 13.9. The summed E-state index contributed by atoms with van der Waals surface area (Å²) in [5.74, 6) is 0.327. The van der Waals surface area contributed by atoms with Crippen molar-refractivity contribution in [2.24, 2.45) is 5.41 Å². The van der Waals surface area contributed by atoms with Crippen LogP contribution >= 0.6 is 22.7 Å². The van der Waals surface area contributed by atoms with Gasteiger partial charge in [0.25, 0.3) is 0 Å². The summed E-state index contributed by atoms with van der Waals surface area (Å²) in [7, 11) is 0. The van der Waals surface area contributed by atoms with Gasteiger partial charge in [-0.25, -0.2) is 0 Å². The highest BCUT2D eigenvalue weighted by Crippen LogP contribution is 2.56. The fraction of sp³-hybridized carbons (Fsp3) is 0.526. The molecule has 2 fully saturated rings. The van der Waals surface area contributed by atoms with Crippen molar-refractivity contribution in [3.05, 3.63) is 44.8 Å². The van der Waals surface area contributed by atoms with Gasteiger partial charge in [-0.1, -0.05) is 0 Å². The summed E-state index contributed by atoms with van der Waals surface area (Å²) in [6.07, 6.45) is 5.13. The first kappa shape index (κ1) is 16.3. The molecule has 5 heteroatoms. The number of carbonyl (C=O) groups excluding carboxylic acids is 1. The first-order chi connectivity index (χ1) is 11.8. The molecule has 2 aromatic heterocycles. The largest absolute Gasteiger partial charge is 0.335 e. The molecule has 24 heavy (non-hydrogen) atoms. The fourth-order valence-corrected chi connectivity index (χ4v) is 5.37. The van der Waals surface area contributed by atoms with Crippen LogP contribution in [0.25, 0.3) is 0 Å². The van der Waals surface area contributed by atoms with Crippen molar-refractivity contribution >= 4 is 28.6 Å². The number of hydrogen-bond donors (Lipinski definition) is 1. The Kier molecular flexibility index (Phi) is 4.74. The monoisotopic (exact) mass is 360 g/mol. The predicted octanol–water partition coefficient (Wildman–Crippen LogP) is 3.91. The van der Waals surface area contributed by atoms with Crippen LogP contribution in [-0.4, -0.2) is 29.9 Å². The normalized spacial score (nSPS) is 21.8. The van der Waals surface area contributed by atoms with E-state index in [1.54, 1.807) is 22.7 Å². The summed E-state index contributed by atoms with van der Waals surface area (Å²) >= 11 is 3.43. The summed E-state index contributed by atoms with van der Waals surface area (Å²) in [6.45, 7) is 2.99. The third kappa shape index (κ3) is 3.44. The molecular weight excluding hydrogens is 336 g/mol. The molecule has 3 nitrogen and oxygen atoms in total. The zero-order chi connectivity index (χ0) is 16.4. The number of piperidine rings is 1. The lowest BCUT2D eigenvalue weighted by Gasteiger charge is -2.29. The third-order valence-corrected chi connectivity index (χ3v) is 7.05. The van der Waals surface area contributed by atoms with Crippen LogP contribution in [0.15, 0.2) is 33.7 Å². The summed E-state index contributed by atoms with van der Waals surface area (Å²) in [6, 6.07) is 4.74. The Balaban J connectivity index is 1.44. The second kappa shape index (κ2) is 6.98. The Morgan fingerprint density at radius 1 is 1.17 bits per heavy atom. The standard InChI is InChI=1S/C19H24N2OS2/c22-18(2-1-15-3-9-23-13-15)21(12-16-4-10-24-14-16)17-11-19(17)5-7-20-8-6-19/h3-4,9-10,13-14,17,20H,1-2,5-8,11-12H2. The number of carbonyl (C=O) groups is 1. The number of hydrogen-bond acceptors (Lipinski definition) is 4. The Morgan fingerprint density at radius 2 is 1.88 bits per heavy atom. The maximum atomic E-state index is 13.0. The van der Waals surface area contributed by atoms with E-state index in [9.17, 15) is 4.79 Å². The van der Waals surface area contributed by atoms with Crippen molar-refractivity contribution in [3.63, 3.8) is 0 Å². The van der Waals surface area contributed by atoms with E-state index < -0.39 is 0 Å². The van der Waals surface area contributed by atoms with E-state index in [0.717, 1.165) is 26.1 Å². The number of nitrogens with one attached hydrogen (secondary N) is 1. The summed E-state index contributed by atoms with van der Waals surface area (Å²) < 4.78 is 0. The molecule has 0 radical (unpaired) electrons. The average Bonchev–Trinajstić information content (AvgIpc) is 3.06. The van der Waals surface area contributed by atoms with Gasteiger partial charge in [0.1, 0.15) is 0 Å². The van der Waals surface area contributed by atoms with Gasteiger partial charge in [-0.2, -0.15) is 22.7 Å². The molecule has 1 saturated carbocycles. The second-order valence-corrected chi connectivity index (χ2v) is 8.68. The van der Waals surface area contributed by atoms with Gasteiger partial charge >= 0.3 is 0 Å². The first-order valence-corrected chi connectivity index (χ1v) is 10.7. The molecule has 1 aliphatic carbocycles. The number of amides is 1. The van der Waals surface area contributed by atoms with Gasteiger partial charge in [0.05, 0.1) is 0 Å². The molecule has 1 unspecified atom stereocenters. The van der Waals surface area contributed by atoms with Crippen LogP contribution in [-0.2, 0) is 17.8 Å². The molecule has 1 N–H and O–H groups in total. The van der Waals surface area contributed by atoms with Crippen LogP contribution in [0.5, 0.6) is 0 Å². The lowest BCUT2D eigenvalue weighted by Crippen LogP contribution is -2.39.